The van der Waals surface area contributed by atoms with Crippen LogP contribution in [0.1, 0.15) is 18.1 Å². The number of rotatable bonds is 5. The molecule has 3 nitrogen and oxygen atoms in total. The zero-order chi connectivity index (χ0) is 19.5. The molecule has 0 aromatic heterocycles. The molecule has 2 aromatic carbocycles. The molecule has 0 aliphatic heterocycles. The minimum atomic E-state index is -5.60. The Morgan fingerprint density at radius 1 is 0.962 bits per heavy atom. The maximum atomic E-state index is 13.7. The highest BCUT2D eigenvalue weighted by atomic mass is 19.4. The summed E-state index contributed by atoms with van der Waals surface area (Å²) in [7, 11) is 0. The summed E-state index contributed by atoms with van der Waals surface area (Å²) in [5.41, 5.74) is -2.03. The largest absolute Gasteiger partial charge is 0.494 e. The Labute approximate surface area is 143 Å². The SMILES string of the molecule is CCOc1ccc(/C=N/Nc2c(F)c(F)c(C(F)(F)F)c(F)c2F)cc1. The summed E-state index contributed by atoms with van der Waals surface area (Å²) < 4.78 is 96.9. The summed E-state index contributed by atoms with van der Waals surface area (Å²) >= 11 is 0. The molecule has 0 saturated heterocycles. The van der Waals surface area contributed by atoms with Gasteiger partial charge < -0.3 is 4.74 Å². The molecule has 26 heavy (non-hydrogen) atoms. The number of halogens is 7. The van der Waals surface area contributed by atoms with Gasteiger partial charge in [-0.2, -0.15) is 18.3 Å². The lowest BCUT2D eigenvalue weighted by atomic mass is 10.1. The Morgan fingerprint density at radius 3 is 1.96 bits per heavy atom. The zero-order valence-corrected chi connectivity index (χ0v) is 13.1. The van der Waals surface area contributed by atoms with E-state index in [1.165, 1.54) is 12.1 Å². The molecule has 0 spiro atoms. The lowest BCUT2D eigenvalue weighted by Crippen LogP contribution is -2.16. The van der Waals surface area contributed by atoms with Crippen molar-refractivity contribution < 1.29 is 35.5 Å². The zero-order valence-electron chi connectivity index (χ0n) is 13.1. The molecular formula is C16H11F7N2O. The number of hydrazone groups is 1. The van der Waals surface area contributed by atoms with Crippen LogP contribution < -0.4 is 10.2 Å². The fraction of sp³-hybridized carbons (Fsp3) is 0.188. The number of nitrogens with one attached hydrogen (secondary N) is 1. The van der Waals surface area contributed by atoms with Gasteiger partial charge in [-0.15, -0.1) is 0 Å². The summed E-state index contributed by atoms with van der Waals surface area (Å²) in [6.07, 6.45) is -4.55. The van der Waals surface area contributed by atoms with Gasteiger partial charge in [0.1, 0.15) is 17.0 Å². The number of nitrogens with zero attached hydrogens (tertiary/aromatic N) is 1. The molecule has 0 bridgehead atoms. The maximum absolute atomic E-state index is 13.7. The quantitative estimate of drug-likeness (QED) is 0.339. The Hall–Kier alpha value is -2.78. The van der Waals surface area contributed by atoms with Crippen LogP contribution in [0.4, 0.5) is 36.4 Å². The molecule has 2 aromatic rings. The van der Waals surface area contributed by atoms with Crippen LogP contribution in [0, 0.1) is 23.3 Å². The lowest BCUT2D eigenvalue weighted by Gasteiger charge is -2.13. The standard InChI is InChI=1S/C16H11F7N2O/c1-2-26-9-5-3-8(4-6-9)7-24-25-15-13(19)11(17)10(16(21,22)23)12(18)14(15)20/h3-7,25H,2H2,1H3/b24-7+. The second-order valence-corrected chi connectivity index (χ2v) is 4.88. The summed E-state index contributed by atoms with van der Waals surface area (Å²) in [5.74, 6) is -9.04. The topological polar surface area (TPSA) is 33.6 Å². The van der Waals surface area contributed by atoms with E-state index in [9.17, 15) is 30.7 Å². The normalized spacial score (nSPS) is 11.8. The molecule has 0 fully saturated rings. The van der Waals surface area contributed by atoms with Crippen molar-refractivity contribution in [2.24, 2.45) is 5.10 Å². The molecule has 0 heterocycles. The molecule has 0 unspecified atom stereocenters. The predicted molar refractivity (Wildman–Crippen MR) is 80.1 cm³/mol. The molecule has 140 valence electrons. The summed E-state index contributed by atoms with van der Waals surface area (Å²) in [4.78, 5) is 0. The molecule has 2 rings (SSSR count). The third-order valence-electron chi connectivity index (χ3n) is 3.13. The number of ether oxygens (including phenoxy) is 1. The highest BCUT2D eigenvalue weighted by Crippen LogP contribution is 2.38. The van der Waals surface area contributed by atoms with Crippen molar-refractivity contribution >= 4 is 11.9 Å². The van der Waals surface area contributed by atoms with Crippen LogP contribution in [0.5, 0.6) is 5.75 Å². The van der Waals surface area contributed by atoms with E-state index in [1.807, 2.05) is 0 Å². The van der Waals surface area contributed by atoms with Gasteiger partial charge >= 0.3 is 6.18 Å². The van der Waals surface area contributed by atoms with E-state index < -0.39 is 40.7 Å². The third-order valence-corrected chi connectivity index (χ3v) is 3.13. The average molecular weight is 380 g/mol. The first kappa shape index (κ1) is 19.5. The number of hydrogen-bond donors (Lipinski definition) is 1. The number of alkyl halides is 3. The Bertz CT molecular complexity index is 788. The van der Waals surface area contributed by atoms with Crippen LogP contribution in [0.2, 0.25) is 0 Å². The van der Waals surface area contributed by atoms with Crippen LogP contribution >= 0.6 is 0 Å². The Morgan fingerprint density at radius 2 is 1.50 bits per heavy atom. The molecule has 0 saturated carbocycles. The van der Waals surface area contributed by atoms with Crippen LogP contribution in [0.25, 0.3) is 0 Å². The molecule has 0 aliphatic rings. The van der Waals surface area contributed by atoms with Gasteiger partial charge in [0.25, 0.3) is 0 Å². The fourth-order valence-electron chi connectivity index (χ4n) is 1.97. The summed E-state index contributed by atoms with van der Waals surface area (Å²) in [6.45, 7) is 2.23. The van der Waals surface area contributed by atoms with Crippen LogP contribution in [0.15, 0.2) is 29.4 Å². The van der Waals surface area contributed by atoms with Gasteiger partial charge in [-0.25, -0.2) is 17.6 Å². The molecular weight excluding hydrogens is 369 g/mol. The first-order valence-electron chi connectivity index (χ1n) is 7.11. The Balaban J connectivity index is 2.27. The summed E-state index contributed by atoms with van der Waals surface area (Å²) in [6, 6.07) is 6.20. The summed E-state index contributed by atoms with van der Waals surface area (Å²) in [5, 5.41) is 3.37. The number of anilines is 1. The first-order valence-corrected chi connectivity index (χ1v) is 7.11. The Kier molecular flexibility index (Phi) is 5.73. The maximum Gasteiger partial charge on any atom is 0.422 e. The minimum absolute atomic E-state index is 0.426. The molecule has 10 heteroatoms. The second kappa shape index (κ2) is 7.63. The smallest absolute Gasteiger partial charge is 0.422 e. The van der Waals surface area contributed by atoms with Crippen molar-refractivity contribution in [2.75, 3.05) is 12.0 Å². The third kappa shape index (κ3) is 4.06. The monoisotopic (exact) mass is 380 g/mol. The lowest BCUT2D eigenvalue weighted by molar-refractivity contribution is -0.143. The van der Waals surface area contributed by atoms with E-state index in [1.54, 1.807) is 24.5 Å². The van der Waals surface area contributed by atoms with Crippen LogP contribution in [0.3, 0.4) is 0 Å². The second-order valence-electron chi connectivity index (χ2n) is 4.88. The predicted octanol–water partition coefficient (Wildman–Crippen LogP) is 5.11. The van der Waals surface area contributed by atoms with Crippen molar-refractivity contribution in [3.8, 4) is 5.75 Å². The van der Waals surface area contributed by atoms with Gasteiger partial charge in [0.15, 0.2) is 23.3 Å². The van der Waals surface area contributed by atoms with Gasteiger partial charge in [-0.1, -0.05) is 0 Å². The van der Waals surface area contributed by atoms with E-state index in [0.717, 1.165) is 6.21 Å². The number of benzene rings is 2. The molecule has 0 amide bonds. The van der Waals surface area contributed by atoms with Crippen molar-refractivity contribution in [2.45, 2.75) is 13.1 Å². The average Bonchev–Trinajstić information content (AvgIpc) is 2.57. The van der Waals surface area contributed by atoms with Crippen LogP contribution in [-0.4, -0.2) is 12.8 Å². The van der Waals surface area contributed by atoms with Gasteiger partial charge in [-0.05, 0) is 36.8 Å². The van der Waals surface area contributed by atoms with Gasteiger partial charge in [0.2, 0.25) is 0 Å². The van der Waals surface area contributed by atoms with Crippen molar-refractivity contribution in [3.05, 3.63) is 58.7 Å². The number of hydrogen-bond acceptors (Lipinski definition) is 3. The van der Waals surface area contributed by atoms with E-state index in [-0.39, 0.29) is 0 Å². The van der Waals surface area contributed by atoms with E-state index in [2.05, 4.69) is 5.10 Å². The van der Waals surface area contributed by atoms with Gasteiger partial charge in [0.05, 0.1) is 12.8 Å². The van der Waals surface area contributed by atoms with E-state index >= 15 is 0 Å². The highest BCUT2D eigenvalue weighted by molar-refractivity contribution is 5.80. The minimum Gasteiger partial charge on any atom is -0.494 e. The highest BCUT2D eigenvalue weighted by Gasteiger charge is 2.42. The van der Waals surface area contributed by atoms with Gasteiger partial charge in [0, 0.05) is 0 Å². The van der Waals surface area contributed by atoms with E-state index in [0.29, 0.717) is 17.9 Å². The molecule has 1 N–H and O–H groups in total. The van der Waals surface area contributed by atoms with Crippen LogP contribution in [-0.2, 0) is 6.18 Å². The van der Waals surface area contributed by atoms with Crippen molar-refractivity contribution in [1.82, 2.24) is 0 Å². The molecule has 0 radical (unpaired) electrons. The molecule has 0 aliphatic carbocycles. The van der Waals surface area contributed by atoms with Gasteiger partial charge in [-0.3, -0.25) is 5.43 Å². The van der Waals surface area contributed by atoms with Crippen molar-refractivity contribution in [3.63, 3.8) is 0 Å². The van der Waals surface area contributed by atoms with E-state index in [4.69, 9.17) is 4.74 Å². The van der Waals surface area contributed by atoms with Crippen molar-refractivity contribution in [1.29, 1.82) is 0 Å². The fourth-order valence-corrected chi connectivity index (χ4v) is 1.97. The first-order chi connectivity index (χ1) is 12.2. The molecule has 0 atom stereocenters.